The number of carbonyl (C=O) groups excluding carboxylic acids is 2. The van der Waals surface area contributed by atoms with Crippen molar-refractivity contribution in [1.82, 2.24) is 0 Å². The van der Waals surface area contributed by atoms with Gasteiger partial charge >= 0.3 is 21.7 Å². The average Bonchev–Trinajstić information content (AvgIpc) is 2.19. The van der Waals surface area contributed by atoms with Crippen molar-refractivity contribution in [3.8, 4) is 0 Å². The van der Waals surface area contributed by atoms with Crippen LogP contribution in [0.25, 0.3) is 0 Å². The van der Waals surface area contributed by atoms with Crippen molar-refractivity contribution >= 4 is 11.9 Å². The third kappa shape index (κ3) is 86.9. The molecule has 6 nitrogen and oxygen atoms in total. The maximum Gasteiger partial charge on any atom is 2.00 e. The van der Waals surface area contributed by atoms with E-state index < -0.39 is 11.9 Å². The third-order valence-corrected chi connectivity index (χ3v) is 0.706. The summed E-state index contributed by atoms with van der Waals surface area (Å²) >= 11 is 0. The molecule has 7 heteroatoms. The topological polar surface area (TPSA) is 127 Å². The summed E-state index contributed by atoms with van der Waals surface area (Å²) in [5.74, 6) is -1.99. The minimum absolute atomic E-state index is 0. The Hall–Kier alpha value is -0.426. The Kier molecular flexibility index (Phi) is 37.5. The molecule has 3 N–H and O–H groups in total. The molecule has 0 saturated carbocycles. The van der Waals surface area contributed by atoms with Crippen molar-refractivity contribution in [2.45, 2.75) is 26.7 Å². The molecule has 0 aromatic heterocycles. The van der Waals surface area contributed by atoms with Crippen molar-refractivity contribution in [1.29, 1.82) is 0 Å². The molecule has 0 aromatic rings. The summed E-state index contributed by atoms with van der Waals surface area (Å²) in [6, 6.07) is 0. The Labute approximate surface area is 104 Å². The molecule has 0 heterocycles. The minimum Gasteiger partial charge on any atom is -0.550 e. The van der Waals surface area contributed by atoms with Gasteiger partial charge in [0.2, 0.25) is 0 Å². The number of aliphatic hydroxyl groups excluding tert-OH is 1. The van der Waals surface area contributed by atoms with Crippen LogP contribution in [0.2, 0.25) is 0 Å². The van der Waals surface area contributed by atoms with Gasteiger partial charge in [-0.15, -0.1) is 0 Å². The van der Waals surface area contributed by atoms with Crippen molar-refractivity contribution in [3.63, 3.8) is 0 Å². The zero-order chi connectivity index (χ0) is 12.0. The molecular weight excluding hydrogens is 238 g/mol. The van der Waals surface area contributed by atoms with Gasteiger partial charge in [-0.05, 0) is 12.8 Å². The van der Waals surface area contributed by atoms with Crippen molar-refractivity contribution in [2.24, 2.45) is 5.73 Å². The van der Waals surface area contributed by atoms with Crippen molar-refractivity contribution in [3.05, 3.63) is 0 Å². The first-order valence-electron chi connectivity index (χ1n) is 4.16. The quantitative estimate of drug-likeness (QED) is 0.525. The Bertz CT molecular complexity index is 127. The fraction of sp³-hybridized carbons (Fsp3) is 0.750. The summed E-state index contributed by atoms with van der Waals surface area (Å²) in [6.45, 7) is 3.55. The normalized spacial score (nSPS) is 6.93. The molecular formula is C8H17NO5Ti. The maximum atomic E-state index is 9.26. The van der Waals surface area contributed by atoms with Gasteiger partial charge in [0, 0.05) is 18.5 Å². The van der Waals surface area contributed by atoms with Gasteiger partial charge in [-0.25, -0.2) is 0 Å². The molecule has 15 heavy (non-hydrogen) atoms. The SMILES string of the molecule is CCC(=O)[O-].CCC(=O)[O-].NCCO.[Ti+2]. The smallest absolute Gasteiger partial charge is 0.550 e. The largest absolute Gasteiger partial charge is 2.00 e. The summed E-state index contributed by atoms with van der Waals surface area (Å²) in [5, 5.41) is 26.3. The molecule has 0 aromatic carbocycles. The average molecular weight is 255 g/mol. The molecule has 88 valence electrons. The Morgan fingerprint density at radius 1 is 1.13 bits per heavy atom. The number of aliphatic hydroxyl groups is 1. The molecule has 0 aliphatic carbocycles. The maximum absolute atomic E-state index is 9.26. The third-order valence-electron chi connectivity index (χ3n) is 0.706. The van der Waals surface area contributed by atoms with E-state index in [0.717, 1.165) is 0 Å². The predicted molar refractivity (Wildman–Crippen MR) is 46.7 cm³/mol. The van der Waals surface area contributed by atoms with E-state index in [-0.39, 0.29) is 41.2 Å². The van der Waals surface area contributed by atoms with E-state index >= 15 is 0 Å². The van der Waals surface area contributed by atoms with Crippen LogP contribution in [0, 0.1) is 0 Å². The monoisotopic (exact) mass is 255 g/mol. The molecule has 0 spiro atoms. The Morgan fingerprint density at radius 2 is 1.27 bits per heavy atom. The zero-order valence-electron chi connectivity index (χ0n) is 8.99. The number of nitrogens with two attached hydrogens (primary N) is 1. The minimum atomic E-state index is -0.995. The Morgan fingerprint density at radius 3 is 1.27 bits per heavy atom. The van der Waals surface area contributed by atoms with Gasteiger partial charge in [-0.1, -0.05) is 13.8 Å². The van der Waals surface area contributed by atoms with Crippen LogP contribution in [0.3, 0.4) is 0 Å². The number of aliphatic carboxylic acids is 2. The van der Waals surface area contributed by atoms with Gasteiger partial charge in [-0.3, -0.25) is 0 Å². The molecule has 0 atom stereocenters. The molecule has 0 fully saturated rings. The standard InChI is InChI=1S/2C3H6O2.C2H7NO.Ti/c2*1-2-3(4)5;3-1-2-4;/h2*2H2,1H3,(H,4,5);4H,1-3H2;/q;;;+2/p-2. The van der Waals surface area contributed by atoms with E-state index in [1.54, 1.807) is 0 Å². The second kappa shape index (κ2) is 23.4. The second-order valence-corrected chi connectivity index (χ2v) is 1.96. The van der Waals surface area contributed by atoms with Crippen LogP contribution in [-0.4, -0.2) is 30.2 Å². The van der Waals surface area contributed by atoms with E-state index in [4.69, 9.17) is 10.8 Å². The van der Waals surface area contributed by atoms with E-state index in [2.05, 4.69) is 0 Å². The zero-order valence-corrected chi connectivity index (χ0v) is 10.5. The second-order valence-electron chi connectivity index (χ2n) is 1.96. The summed E-state index contributed by atoms with van der Waals surface area (Å²) in [6.07, 6.45) is 0.222. The molecule has 0 rings (SSSR count). The number of carboxylic acids is 2. The van der Waals surface area contributed by atoms with Gasteiger partial charge < -0.3 is 30.6 Å². The van der Waals surface area contributed by atoms with Crippen LogP contribution in [-0.2, 0) is 31.3 Å². The van der Waals surface area contributed by atoms with E-state index in [1.165, 1.54) is 13.8 Å². The number of carboxylic acid groups (broad SMARTS) is 2. The first kappa shape index (κ1) is 24.0. The molecule has 0 unspecified atom stereocenters. The molecule has 0 amide bonds. The number of hydrogen-bond donors (Lipinski definition) is 2. The summed E-state index contributed by atoms with van der Waals surface area (Å²) in [4.78, 5) is 18.5. The Balaban J connectivity index is -0.0000000590. The van der Waals surface area contributed by atoms with Crippen LogP contribution < -0.4 is 15.9 Å². The first-order chi connectivity index (χ1) is 6.45. The molecule has 0 aliphatic heterocycles. The van der Waals surface area contributed by atoms with Gasteiger partial charge in [-0.2, -0.15) is 0 Å². The van der Waals surface area contributed by atoms with Crippen LogP contribution in [0.15, 0.2) is 0 Å². The molecule has 0 radical (unpaired) electrons. The van der Waals surface area contributed by atoms with E-state index in [1.807, 2.05) is 0 Å². The van der Waals surface area contributed by atoms with Crippen LogP contribution >= 0.6 is 0 Å². The summed E-state index contributed by atoms with van der Waals surface area (Å²) in [7, 11) is 0. The van der Waals surface area contributed by atoms with Gasteiger partial charge in [0.25, 0.3) is 0 Å². The van der Waals surface area contributed by atoms with Crippen LogP contribution in [0.4, 0.5) is 0 Å². The van der Waals surface area contributed by atoms with Gasteiger partial charge in [0.15, 0.2) is 0 Å². The van der Waals surface area contributed by atoms with Gasteiger partial charge in [0.1, 0.15) is 0 Å². The number of hydrogen-bond acceptors (Lipinski definition) is 6. The van der Waals surface area contributed by atoms with E-state index in [0.29, 0.717) is 6.54 Å². The van der Waals surface area contributed by atoms with Crippen molar-refractivity contribution < 1.29 is 46.6 Å². The van der Waals surface area contributed by atoms with Crippen LogP contribution in [0.5, 0.6) is 0 Å². The summed E-state index contributed by atoms with van der Waals surface area (Å²) in [5.41, 5.74) is 4.78. The fourth-order valence-electron chi connectivity index (χ4n) is 0. The number of carbonyl (C=O) groups is 2. The van der Waals surface area contributed by atoms with E-state index in [9.17, 15) is 19.8 Å². The first-order valence-corrected chi connectivity index (χ1v) is 4.16. The summed E-state index contributed by atoms with van der Waals surface area (Å²) < 4.78 is 0. The fourth-order valence-corrected chi connectivity index (χ4v) is 0. The van der Waals surface area contributed by atoms with Gasteiger partial charge in [0.05, 0.1) is 6.61 Å². The van der Waals surface area contributed by atoms with Crippen molar-refractivity contribution in [2.75, 3.05) is 13.2 Å². The molecule has 0 bridgehead atoms. The van der Waals surface area contributed by atoms with Crippen LogP contribution in [0.1, 0.15) is 26.7 Å². The molecule has 0 saturated heterocycles. The predicted octanol–water partition coefficient (Wildman–Crippen LogP) is -2.77. The number of rotatable bonds is 3. The molecule has 0 aliphatic rings.